The van der Waals surface area contributed by atoms with Gasteiger partial charge in [0.1, 0.15) is 6.10 Å². The Morgan fingerprint density at radius 3 is 2.93 bits per heavy atom. The van der Waals surface area contributed by atoms with Crippen molar-refractivity contribution in [3.8, 4) is 0 Å². The highest BCUT2D eigenvalue weighted by molar-refractivity contribution is 4.89. The molecule has 14 heavy (non-hydrogen) atoms. The third-order valence-electron chi connectivity index (χ3n) is 2.00. The summed E-state index contributed by atoms with van der Waals surface area (Å²) < 4.78 is 10.1. The first kappa shape index (κ1) is 11.1. The second-order valence-corrected chi connectivity index (χ2v) is 3.10. The van der Waals surface area contributed by atoms with Crippen LogP contribution in [-0.4, -0.2) is 29.0 Å². The van der Waals surface area contributed by atoms with Crippen LogP contribution in [0.25, 0.3) is 0 Å². The summed E-state index contributed by atoms with van der Waals surface area (Å²) in [5.74, 6) is 1.18. The molecule has 1 heterocycles. The summed E-state index contributed by atoms with van der Waals surface area (Å²) in [5.41, 5.74) is 0. The van der Waals surface area contributed by atoms with Gasteiger partial charge in [-0.25, -0.2) is 0 Å². The number of hydrogen-bond donors (Lipinski definition) is 1. The van der Waals surface area contributed by atoms with Gasteiger partial charge in [0.05, 0.1) is 0 Å². The normalized spacial score (nSPS) is 13.1. The molecule has 0 radical (unpaired) electrons. The Kier molecular flexibility index (Phi) is 4.55. The smallest absolute Gasteiger partial charge is 0.226 e. The predicted molar refractivity (Wildman–Crippen MR) is 49.7 cm³/mol. The average Bonchev–Trinajstić information content (AvgIpc) is 2.66. The van der Waals surface area contributed by atoms with Gasteiger partial charge in [-0.15, -0.1) is 0 Å². The third-order valence-corrected chi connectivity index (χ3v) is 2.00. The van der Waals surface area contributed by atoms with Gasteiger partial charge in [-0.05, 0) is 19.8 Å². The number of unbranched alkanes of at least 4 members (excludes halogenated alkanes) is 1. The van der Waals surface area contributed by atoms with E-state index in [1.807, 2.05) is 6.92 Å². The molecule has 1 unspecified atom stereocenters. The lowest BCUT2D eigenvalue weighted by atomic mass is 10.2. The van der Waals surface area contributed by atoms with Crippen molar-refractivity contribution in [1.82, 2.24) is 10.1 Å². The van der Waals surface area contributed by atoms with Crippen LogP contribution in [0, 0.1) is 0 Å². The van der Waals surface area contributed by atoms with Crippen LogP contribution in [0.2, 0.25) is 0 Å². The Labute approximate surface area is 83.1 Å². The molecule has 0 spiro atoms. The zero-order valence-electron chi connectivity index (χ0n) is 8.56. The summed E-state index contributed by atoms with van der Waals surface area (Å²) in [7, 11) is 1.60. The number of aryl methyl sites for hydroxylation is 1. The summed E-state index contributed by atoms with van der Waals surface area (Å²) >= 11 is 0. The fourth-order valence-electron chi connectivity index (χ4n) is 1.03. The Morgan fingerprint density at radius 2 is 2.29 bits per heavy atom. The molecule has 1 aromatic rings. The van der Waals surface area contributed by atoms with Crippen LogP contribution in [0.5, 0.6) is 0 Å². The first-order valence-corrected chi connectivity index (χ1v) is 4.74. The van der Waals surface area contributed by atoms with E-state index < -0.39 is 0 Å². The molecular weight excluding hydrogens is 184 g/mol. The molecule has 0 bridgehead atoms. The average molecular weight is 200 g/mol. The maximum Gasteiger partial charge on any atom is 0.226 e. The lowest BCUT2D eigenvalue weighted by molar-refractivity contribution is 0.109. The minimum atomic E-state index is -0.134. The largest absolute Gasteiger partial charge is 0.396 e. The predicted octanol–water partition coefficient (Wildman–Crippen LogP) is 1.09. The van der Waals surface area contributed by atoms with Crippen LogP contribution < -0.4 is 0 Å². The van der Waals surface area contributed by atoms with Gasteiger partial charge in [-0.1, -0.05) is 5.16 Å². The van der Waals surface area contributed by atoms with Gasteiger partial charge in [-0.2, -0.15) is 4.98 Å². The molecule has 0 aliphatic carbocycles. The fraction of sp³-hybridized carbons (Fsp3) is 0.778. The quantitative estimate of drug-likeness (QED) is 0.696. The number of nitrogens with zero attached hydrogens (tertiary/aromatic N) is 2. The Hall–Kier alpha value is -0.940. The second-order valence-electron chi connectivity index (χ2n) is 3.10. The van der Waals surface area contributed by atoms with E-state index in [-0.39, 0.29) is 12.7 Å². The molecule has 5 heteroatoms. The zero-order chi connectivity index (χ0) is 10.4. The fourth-order valence-corrected chi connectivity index (χ4v) is 1.03. The van der Waals surface area contributed by atoms with E-state index in [2.05, 4.69) is 10.1 Å². The lowest BCUT2D eigenvalue weighted by Crippen LogP contribution is -1.98. The van der Waals surface area contributed by atoms with Gasteiger partial charge in [-0.3, -0.25) is 0 Å². The molecule has 1 N–H and O–H groups in total. The van der Waals surface area contributed by atoms with E-state index in [1.165, 1.54) is 0 Å². The summed E-state index contributed by atoms with van der Waals surface area (Å²) in [6, 6.07) is 0. The molecule has 0 aliphatic rings. The number of methoxy groups -OCH3 is 1. The van der Waals surface area contributed by atoms with Gasteiger partial charge in [0, 0.05) is 20.1 Å². The van der Waals surface area contributed by atoms with Gasteiger partial charge in [0.15, 0.2) is 5.82 Å². The van der Waals surface area contributed by atoms with Gasteiger partial charge >= 0.3 is 0 Å². The van der Waals surface area contributed by atoms with Crippen LogP contribution in [-0.2, 0) is 11.2 Å². The Morgan fingerprint density at radius 1 is 1.50 bits per heavy atom. The molecule has 1 aromatic heterocycles. The molecule has 0 amide bonds. The Bertz CT molecular complexity index is 262. The van der Waals surface area contributed by atoms with E-state index in [0.29, 0.717) is 18.1 Å². The molecule has 5 nitrogen and oxygen atoms in total. The van der Waals surface area contributed by atoms with E-state index >= 15 is 0 Å². The maximum atomic E-state index is 8.59. The number of ether oxygens (including phenoxy) is 1. The minimum Gasteiger partial charge on any atom is -0.396 e. The number of aromatic nitrogens is 2. The number of hydrogen-bond acceptors (Lipinski definition) is 5. The van der Waals surface area contributed by atoms with Gasteiger partial charge in [0.25, 0.3) is 0 Å². The van der Waals surface area contributed by atoms with Gasteiger partial charge in [0.2, 0.25) is 5.89 Å². The van der Waals surface area contributed by atoms with Crippen molar-refractivity contribution in [3.05, 3.63) is 11.7 Å². The standard InChI is InChI=1S/C9H16N2O3/c1-7(13-2)9-10-8(14-11-9)5-3-4-6-12/h7,12H,3-6H2,1-2H3. The summed E-state index contributed by atoms with van der Waals surface area (Å²) in [4.78, 5) is 4.17. The number of aliphatic hydroxyl groups excluding tert-OH is 1. The molecule has 0 aliphatic heterocycles. The van der Waals surface area contributed by atoms with Crippen molar-refractivity contribution in [2.75, 3.05) is 13.7 Å². The highest BCUT2D eigenvalue weighted by atomic mass is 16.5. The summed E-state index contributed by atoms with van der Waals surface area (Å²) in [6.45, 7) is 2.07. The van der Waals surface area contributed by atoms with E-state index in [1.54, 1.807) is 7.11 Å². The second kappa shape index (κ2) is 5.72. The first-order chi connectivity index (χ1) is 6.77. The van der Waals surface area contributed by atoms with Crippen molar-refractivity contribution in [3.63, 3.8) is 0 Å². The van der Waals surface area contributed by atoms with Crippen molar-refractivity contribution in [2.45, 2.75) is 32.3 Å². The van der Waals surface area contributed by atoms with E-state index in [4.69, 9.17) is 14.4 Å². The monoisotopic (exact) mass is 200 g/mol. The highest BCUT2D eigenvalue weighted by Crippen LogP contribution is 2.12. The molecule has 0 fully saturated rings. The summed E-state index contributed by atoms with van der Waals surface area (Å²) in [5, 5.41) is 12.4. The van der Waals surface area contributed by atoms with Crippen molar-refractivity contribution < 1.29 is 14.4 Å². The van der Waals surface area contributed by atoms with Crippen LogP contribution >= 0.6 is 0 Å². The summed E-state index contributed by atoms with van der Waals surface area (Å²) in [6.07, 6.45) is 2.20. The highest BCUT2D eigenvalue weighted by Gasteiger charge is 2.12. The molecular formula is C9H16N2O3. The van der Waals surface area contributed by atoms with Crippen molar-refractivity contribution in [2.24, 2.45) is 0 Å². The van der Waals surface area contributed by atoms with Crippen LogP contribution in [0.4, 0.5) is 0 Å². The van der Waals surface area contributed by atoms with Crippen molar-refractivity contribution in [1.29, 1.82) is 0 Å². The Balaban J connectivity index is 2.42. The molecule has 1 rings (SSSR count). The molecule has 0 saturated heterocycles. The molecule has 0 aromatic carbocycles. The molecule has 0 saturated carbocycles. The SMILES string of the molecule is COC(C)c1noc(CCCCO)n1. The van der Waals surface area contributed by atoms with E-state index in [9.17, 15) is 0 Å². The lowest BCUT2D eigenvalue weighted by Gasteiger charge is -2.00. The third kappa shape index (κ3) is 3.08. The number of aliphatic hydroxyl groups is 1. The topological polar surface area (TPSA) is 68.4 Å². The van der Waals surface area contributed by atoms with Crippen LogP contribution in [0.3, 0.4) is 0 Å². The maximum absolute atomic E-state index is 8.59. The number of rotatable bonds is 6. The van der Waals surface area contributed by atoms with Crippen molar-refractivity contribution >= 4 is 0 Å². The molecule has 1 atom stereocenters. The van der Waals surface area contributed by atoms with Crippen LogP contribution in [0.15, 0.2) is 4.52 Å². The van der Waals surface area contributed by atoms with Gasteiger partial charge < -0.3 is 14.4 Å². The van der Waals surface area contributed by atoms with E-state index in [0.717, 1.165) is 12.8 Å². The first-order valence-electron chi connectivity index (χ1n) is 4.74. The molecule has 80 valence electrons. The zero-order valence-corrected chi connectivity index (χ0v) is 8.56. The van der Waals surface area contributed by atoms with Crippen LogP contribution in [0.1, 0.15) is 37.6 Å². The minimum absolute atomic E-state index is 0.134.